The zero-order chi connectivity index (χ0) is 23.5. The summed E-state index contributed by atoms with van der Waals surface area (Å²) in [6.45, 7) is 1.53. The third-order valence-corrected chi connectivity index (χ3v) is 5.41. The van der Waals surface area contributed by atoms with Crippen LogP contribution in [0, 0.1) is 0 Å². The molecular weight excluding hydrogens is 422 g/mol. The first-order valence-corrected chi connectivity index (χ1v) is 10.1. The maximum atomic E-state index is 11.6. The van der Waals surface area contributed by atoms with Gasteiger partial charge in [-0.05, 0) is 30.7 Å². The van der Waals surface area contributed by atoms with Crippen LogP contribution in [0.1, 0.15) is 17.3 Å². The van der Waals surface area contributed by atoms with Crippen molar-refractivity contribution in [2.75, 3.05) is 26.6 Å². The molecule has 0 bridgehead atoms. The van der Waals surface area contributed by atoms with E-state index in [9.17, 15) is 9.59 Å². The third-order valence-electron chi connectivity index (χ3n) is 5.41. The molecule has 0 aliphatic heterocycles. The second-order valence-electron chi connectivity index (χ2n) is 7.29. The van der Waals surface area contributed by atoms with Crippen LogP contribution in [0.2, 0.25) is 0 Å². The third kappa shape index (κ3) is 3.98. The molecule has 0 radical (unpaired) electrons. The number of carbonyl (C=O) groups excluding carboxylic acids is 2. The van der Waals surface area contributed by atoms with Gasteiger partial charge in [0.1, 0.15) is 0 Å². The van der Waals surface area contributed by atoms with Crippen molar-refractivity contribution in [2.45, 2.75) is 6.92 Å². The highest BCUT2D eigenvalue weighted by molar-refractivity contribution is 5.94. The fourth-order valence-corrected chi connectivity index (χ4v) is 3.75. The molecule has 0 spiro atoms. The number of anilines is 1. The summed E-state index contributed by atoms with van der Waals surface area (Å²) in [4.78, 5) is 27.4. The Morgan fingerprint density at radius 3 is 2.15 bits per heavy atom. The van der Waals surface area contributed by atoms with E-state index in [-0.39, 0.29) is 5.78 Å². The smallest absolute Gasteiger partial charge is 0.211 e. The van der Waals surface area contributed by atoms with Gasteiger partial charge >= 0.3 is 0 Å². The minimum atomic E-state index is 0.00171. The number of aromatic nitrogens is 2. The Morgan fingerprint density at radius 2 is 1.61 bits per heavy atom. The van der Waals surface area contributed by atoms with E-state index in [1.807, 2.05) is 40.9 Å². The van der Waals surface area contributed by atoms with Crippen LogP contribution in [-0.2, 0) is 4.79 Å². The van der Waals surface area contributed by atoms with Gasteiger partial charge in [-0.2, -0.15) is 0 Å². The maximum Gasteiger partial charge on any atom is 0.211 e. The lowest BCUT2D eigenvalue weighted by Crippen LogP contribution is -2.00. The number of ketones is 1. The van der Waals surface area contributed by atoms with Crippen LogP contribution >= 0.6 is 0 Å². The molecular formula is C25H23N3O5. The Labute approximate surface area is 190 Å². The molecule has 2 aromatic heterocycles. The number of fused-ring (bicyclic) bond motifs is 1. The summed E-state index contributed by atoms with van der Waals surface area (Å²) in [5.41, 5.74) is 5.05. The molecule has 4 rings (SSSR count). The van der Waals surface area contributed by atoms with Crippen molar-refractivity contribution in [1.82, 2.24) is 9.38 Å². The quantitative estimate of drug-likeness (QED) is 0.318. The molecule has 8 nitrogen and oxygen atoms in total. The SMILES string of the molecule is COc1cc(-c2cc(NC=O)c3ncc(-c4ccc(C(C)=O)cc4)n3c2)cc(OC)c1OC. The van der Waals surface area contributed by atoms with E-state index in [0.29, 0.717) is 40.6 Å². The molecule has 33 heavy (non-hydrogen) atoms. The number of nitrogens with zero attached hydrogens (tertiary/aromatic N) is 2. The average Bonchev–Trinajstić information content (AvgIpc) is 3.27. The van der Waals surface area contributed by atoms with Gasteiger partial charge in [0.05, 0.1) is 38.9 Å². The normalized spacial score (nSPS) is 10.7. The molecule has 168 valence electrons. The fourth-order valence-electron chi connectivity index (χ4n) is 3.75. The summed E-state index contributed by atoms with van der Waals surface area (Å²) < 4.78 is 18.3. The summed E-state index contributed by atoms with van der Waals surface area (Å²) in [5, 5.41) is 2.73. The number of nitrogens with one attached hydrogen (secondary N) is 1. The molecule has 0 aliphatic rings. The first-order chi connectivity index (χ1) is 16.0. The van der Waals surface area contributed by atoms with Gasteiger partial charge in [-0.3, -0.25) is 14.0 Å². The lowest BCUT2D eigenvalue weighted by Gasteiger charge is -2.15. The van der Waals surface area contributed by atoms with Crippen molar-refractivity contribution in [1.29, 1.82) is 0 Å². The molecule has 0 saturated heterocycles. The van der Waals surface area contributed by atoms with Crippen LogP contribution in [0.5, 0.6) is 17.2 Å². The van der Waals surface area contributed by atoms with Crippen LogP contribution in [0.4, 0.5) is 5.69 Å². The molecule has 8 heteroatoms. The highest BCUT2D eigenvalue weighted by Crippen LogP contribution is 2.42. The molecule has 0 unspecified atom stereocenters. The average molecular weight is 445 g/mol. The van der Waals surface area contributed by atoms with Gasteiger partial charge in [-0.1, -0.05) is 24.3 Å². The number of pyridine rings is 1. The lowest BCUT2D eigenvalue weighted by atomic mass is 10.0. The van der Waals surface area contributed by atoms with E-state index in [1.165, 1.54) is 6.92 Å². The Kier molecular flexibility index (Phi) is 5.99. The van der Waals surface area contributed by atoms with Crippen molar-refractivity contribution in [3.05, 3.63) is 60.4 Å². The molecule has 2 heterocycles. The van der Waals surface area contributed by atoms with Crippen molar-refractivity contribution in [3.63, 3.8) is 0 Å². The van der Waals surface area contributed by atoms with E-state index in [0.717, 1.165) is 22.4 Å². The predicted molar refractivity (Wildman–Crippen MR) is 125 cm³/mol. The second-order valence-corrected chi connectivity index (χ2v) is 7.29. The Bertz CT molecular complexity index is 1320. The van der Waals surface area contributed by atoms with Gasteiger partial charge in [-0.15, -0.1) is 0 Å². The summed E-state index contributed by atoms with van der Waals surface area (Å²) in [6, 6.07) is 12.8. The first kappa shape index (κ1) is 21.9. The Balaban J connectivity index is 1.93. The monoisotopic (exact) mass is 445 g/mol. The largest absolute Gasteiger partial charge is 0.493 e. The van der Waals surface area contributed by atoms with Crippen LogP contribution in [0.3, 0.4) is 0 Å². The highest BCUT2D eigenvalue weighted by atomic mass is 16.5. The molecule has 2 aromatic carbocycles. The van der Waals surface area contributed by atoms with Crippen molar-refractivity contribution >= 4 is 23.5 Å². The minimum Gasteiger partial charge on any atom is -0.493 e. The molecule has 1 amide bonds. The second kappa shape index (κ2) is 9.04. The zero-order valence-electron chi connectivity index (χ0n) is 18.7. The van der Waals surface area contributed by atoms with Gasteiger partial charge in [0, 0.05) is 22.9 Å². The molecule has 0 fully saturated rings. The molecule has 1 N–H and O–H groups in total. The summed E-state index contributed by atoms with van der Waals surface area (Å²) in [6.07, 6.45) is 4.27. The number of amides is 1. The van der Waals surface area contributed by atoms with Gasteiger partial charge in [0.25, 0.3) is 0 Å². The molecule has 0 atom stereocenters. The first-order valence-electron chi connectivity index (χ1n) is 10.1. The summed E-state index contributed by atoms with van der Waals surface area (Å²) in [7, 11) is 4.66. The van der Waals surface area contributed by atoms with E-state index in [2.05, 4.69) is 10.3 Å². The number of hydrogen-bond donors (Lipinski definition) is 1. The standard InChI is InChI=1S/C25H23N3O5/c1-15(30)16-5-7-17(8-6-16)21-12-26-25-20(27-14-29)9-19(13-28(21)25)18-10-22(31-2)24(33-4)23(11-18)32-3/h5-14H,1-4H3,(H,27,29). The van der Waals surface area contributed by atoms with Gasteiger partial charge in [0.15, 0.2) is 22.9 Å². The van der Waals surface area contributed by atoms with Gasteiger partial charge in [0.2, 0.25) is 12.2 Å². The topological polar surface area (TPSA) is 91.2 Å². The number of ether oxygens (including phenoxy) is 3. The number of Topliss-reactive ketones (excluding diaryl/α,β-unsaturated/α-hetero) is 1. The highest BCUT2D eigenvalue weighted by Gasteiger charge is 2.17. The number of benzene rings is 2. The zero-order valence-corrected chi connectivity index (χ0v) is 18.7. The van der Waals surface area contributed by atoms with Crippen LogP contribution in [0.25, 0.3) is 28.0 Å². The number of imidazole rings is 1. The Morgan fingerprint density at radius 1 is 0.939 bits per heavy atom. The number of carbonyl (C=O) groups is 2. The predicted octanol–water partition coefficient (Wildman–Crippen LogP) is 4.47. The van der Waals surface area contributed by atoms with Gasteiger partial charge in [-0.25, -0.2) is 4.98 Å². The maximum absolute atomic E-state index is 11.6. The van der Waals surface area contributed by atoms with E-state index < -0.39 is 0 Å². The Hall–Kier alpha value is -4.33. The minimum absolute atomic E-state index is 0.00171. The fraction of sp³-hybridized carbons (Fsp3) is 0.160. The number of rotatable bonds is 8. The summed E-state index contributed by atoms with van der Waals surface area (Å²) >= 11 is 0. The number of methoxy groups -OCH3 is 3. The van der Waals surface area contributed by atoms with E-state index in [4.69, 9.17) is 14.2 Å². The van der Waals surface area contributed by atoms with Crippen molar-refractivity contribution in [3.8, 4) is 39.6 Å². The summed E-state index contributed by atoms with van der Waals surface area (Å²) in [5.74, 6) is 1.52. The van der Waals surface area contributed by atoms with E-state index in [1.54, 1.807) is 39.7 Å². The number of hydrogen-bond acceptors (Lipinski definition) is 6. The molecule has 4 aromatic rings. The molecule has 0 aliphatic carbocycles. The van der Waals surface area contributed by atoms with Crippen molar-refractivity contribution < 1.29 is 23.8 Å². The molecule has 0 saturated carbocycles. The van der Waals surface area contributed by atoms with Crippen LogP contribution in [-0.4, -0.2) is 42.9 Å². The van der Waals surface area contributed by atoms with Crippen LogP contribution < -0.4 is 19.5 Å². The van der Waals surface area contributed by atoms with E-state index >= 15 is 0 Å². The lowest BCUT2D eigenvalue weighted by molar-refractivity contribution is -0.105. The van der Waals surface area contributed by atoms with Gasteiger partial charge < -0.3 is 19.5 Å². The van der Waals surface area contributed by atoms with Crippen LogP contribution in [0.15, 0.2) is 54.9 Å². The van der Waals surface area contributed by atoms with Crippen molar-refractivity contribution in [2.24, 2.45) is 0 Å².